The smallest absolute Gasteiger partial charge is 0.118 e. The van der Waals surface area contributed by atoms with Crippen LogP contribution in [0.15, 0.2) is 12.1 Å². The average molecular weight is 152 g/mol. The van der Waals surface area contributed by atoms with Crippen molar-refractivity contribution in [2.75, 3.05) is 0 Å². The van der Waals surface area contributed by atoms with Crippen molar-refractivity contribution in [1.29, 1.82) is 0 Å². The van der Waals surface area contributed by atoms with Gasteiger partial charge < -0.3 is 5.11 Å². The van der Waals surface area contributed by atoms with Crippen LogP contribution in [-0.2, 0) is 0 Å². The van der Waals surface area contributed by atoms with Crippen LogP contribution in [0.3, 0.4) is 0 Å². The van der Waals surface area contributed by atoms with Crippen molar-refractivity contribution in [3.05, 3.63) is 28.8 Å². The molecule has 1 aromatic carbocycles. The summed E-state index contributed by atoms with van der Waals surface area (Å²) in [6, 6.07) is 3.66. The van der Waals surface area contributed by atoms with E-state index in [-0.39, 0.29) is 7.43 Å². The Morgan fingerprint density at radius 2 is 1.55 bits per heavy atom. The molecule has 0 radical (unpaired) electrons. The van der Waals surface area contributed by atoms with Crippen molar-refractivity contribution < 1.29 is 5.11 Å². The summed E-state index contributed by atoms with van der Waals surface area (Å²) >= 11 is 0. The van der Waals surface area contributed by atoms with E-state index in [4.69, 9.17) is 0 Å². The molecule has 0 atom stereocenters. The minimum absolute atomic E-state index is 0. The van der Waals surface area contributed by atoms with Gasteiger partial charge in [0.1, 0.15) is 5.75 Å². The number of hydrogen-bond acceptors (Lipinski definition) is 1. The number of aryl methyl sites for hydroxylation is 1. The predicted octanol–water partition coefficient (Wildman–Crippen LogP) is 2.95. The van der Waals surface area contributed by atoms with Crippen LogP contribution in [0.4, 0.5) is 0 Å². The van der Waals surface area contributed by atoms with Crippen LogP contribution >= 0.6 is 0 Å². The number of phenols is 1. The number of phenolic OH excluding ortho intramolecular Hbond substituents is 1. The van der Waals surface area contributed by atoms with Crippen LogP contribution in [0, 0.1) is 20.8 Å². The van der Waals surface area contributed by atoms with Gasteiger partial charge in [-0.1, -0.05) is 13.5 Å². The summed E-state index contributed by atoms with van der Waals surface area (Å²) in [4.78, 5) is 0. The van der Waals surface area contributed by atoms with Crippen molar-refractivity contribution in [2.24, 2.45) is 0 Å². The SMILES string of the molecule is C.Cc1ccc(O)c(C)c1C. The lowest BCUT2D eigenvalue weighted by molar-refractivity contribution is 0.470. The molecule has 0 heterocycles. The van der Waals surface area contributed by atoms with Crippen LogP contribution in [0.5, 0.6) is 5.75 Å². The monoisotopic (exact) mass is 152 g/mol. The third kappa shape index (κ3) is 1.73. The van der Waals surface area contributed by atoms with Crippen LogP contribution in [0.25, 0.3) is 0 Å². The van der Waals surface area contributed by atoms with E-state index in [0.717, 1.165) is 5.56 Å². The predicted molar refractivity (Wildman–Crippen MR) is 49.0 cm³/mol. The first-order valence-corrected chi connectivity index (χ1v) is 3.38. The molecule has 1 nitrogen and oxygen atoms in total. The number of hydrogen-bond donors (Lipinski definition) is 1. The zero-order valence-corrected chi connectivity index (χ0v) is 6.60. The molecule has 0 aliphatic carbocycles. The van der Waals surface area contributed by atoms with Crippen LogP contribution < -0.4 is 0 Å². The molecule has 62 valence electrons. The van der Waals surface area contributed by atoms with Gasteiger partial charge in [0, 0.05) is 0 Å². The Labute approximate surface area is 68.7 Å². The highest BCUT2D eigenvalue weighted by molar-refractivity contribution is 5.41. The van der Waals surface area contributed by atoms with Crippen molar-refractivity contribution >= 4 is 0 Å². The maximum atomic E-state index is 9.22. The van der Waals surface area contributed by atoms with E-state index >= 15 is 0 Å². The molecule has 11 heavy (non-hydrogen) atoms. The summed E-state index contributed by atoms with van der Waals surface area (Å²) in [5.41, 5.74) is 3.40. The fourth-order valence-corrected chi connectivity index (χ4v) is 0.942. The van der Waals surface area contributed by atoms with Crippen molar-refractivity contribution in [3.8, 4) is 5.75 Å². The number of aromatic hydroxyl groups is 1. The summed E-state index contributed by atoms with van der Waals surface area (Å²) < 4.78 is 0. The van der Waals surface area contributed by atoms with Gasteiger partial charge in [0.15, 0.2) is 0 Å². The van der Waals surface area contributed by atoms with Gasteiger partial charge in [-0.15, -0.1) is 0 Å². The molecule has 0 saturated carbocycles. The van der Waals surface area contributed by atoms with E-state index < -0.39 is 0 Å². The second-order valence-electron chi connectivity index (χ2n) is 2.65. The third-order valence-corrected chi connectivity index (χ3v) is 2.03. The molecule has 0 saturated heterocycles. The second kappa shape index (κ2) is 3.42. The zero-order chi connectivity index (χ0) is 7.72. The van der Waals surface area contributed by atoms with E-state index in [0.29, 0.717) is 5.75 Å². The maximum absolute atomic E-state index is 9.22. The Hall–Kier alpha value is -0.980. The molecule has 1 rings (SSSR count). The minimum atomic E-state index is 0. The maximum Gasteiger partial charge on any atom is 0.118 e. The Kier molecular flexibility index (Phi) is 3.12. The van der Waals surface area contributed by atoms with Crippen molar-refractivity contribution in [3.63, 3.8) is 0 Å². The van der Waals surface area contributed by atoms with E-state index in [2.05, 4.69) is 0 Å². The zero-order valence-electron chi connectivity index (χ0n) is 6.60. The first-order valence-electron chi connectivity index (χ1n) is 3.38. The Morgan fingerprint density at radius 3 is 2.00 bits per heavy atom. The molecule has 0 aliphatic rings. The molecule has 0 amide bonds. The number of benzene rings is 1. The second-order valence-corrected chi connectivity index (χ2v) is 2.65. The van der Waals surface area contributed by atoms with E-state index in [1.54, 1.807) is 6.07 Å². The normalized spacial score (nSPS) is 9.00. The van der Waals surface area contributed by atoms with E-state index in [1.165, 1.54) is 11.1 Å². The quantitative estimate of drug-likeness (QED) is 0.606. The molecule has 1 heteroatoms. The molecule has 0 fully saturated rings. The van der Waals surface area contributed by atoms with Gasteiger partial charge in [0.2, 0.25) is 0 Å². The summed E-state index contributed by atoms with van der Waals surface area (Å²) in [6.45, 7) is 5.99. The highest BCUT2D eigenvalue weighted by Gasteiger charge is 1.99. The molecule has 0 aliphatic heterocycles. The van der Waals surface area contributed by atoms with Gasteiger partial charge in [0.25, 0.3) is 0 Å². The first-order chi connectivity index (χ1) is 4.63. The Morgan fingerprint density at radius 1 is 1.00 bits per heavy atom. The van der Waals surface area contributed by atoms with Crippen LogP contribution in [0.2, 0.25) is 0 Å². The minimum Gasteiger partial charge on any atom is -0.508 e. The summed E-state index contributed by atoms with van der Waals surface area (Å²) in [6.07, 6.45) is 0. The molecule has 1 N–H and O–H groups in total. The molecule has 0 unspecified atom stereocenters. The largest absolute Gasteiger partial charge is 0.508 e. The van der Waals surface area contributed by atoms with Gasteiger partial charge in [-0.2, -0.15) is 0 Å². The van der Waals surface area contributed by atoms with Gasteiger partial charge in [-0.05, 0) is 43.5 Å². The van der Waals surface area contributed by atoms with Crippen molar-refractivity contribution in [1.82, 2.24) is 0 Å². The fraction of sp³-hybridized carbons (Fsp3) is 0.400. The van der Waals surface area contributed by atoms with Gasteiger partial charge >= 0.3 is 0 Å². The van der Waals surface area contributed by atoms with Gasteiger partial charge in [-0.25, -0.2) is 0 Å². The van der Waals surface area contributed by atoms with Crippen LogP contribution in [0.1, 0.15) is 24.1 Å². The van der Waals surface area contributed by atoms with E-state index in [1.807, 2.05) is 26.8 Å². The summed E-state index contributed by atoms with van der Waals surface area (Å²) in [7, 11) is 0. The fourth-order valence-electron chi connectivity index (χ4n) is 0.942. The lowest BCUT2D eigenvalue weighted by Gasteiger charge is -2.04. The summed E-state index contributed by atoms with van der Waals surface area (Å²) in [5.74, 6) is 0.392. The number of rotatable bonds is 0. The highest BCUT2D eigenvalue weighted by atomic mass is 16.3. The topological polar surface area (TPSA) is 20.2 Å². The van der Waals surface area contributed by atoms with Gasteiger partial charge in [0.05, 0.1) is 0 Å². The molecule has 0 bridgehead atoms. The van der Waals surface area contributed by atoms with E-state index in [9.17, 15) is 5.11 Å². The first kappa shape index (κ1) is 10.0. The lowest BCUT2D eigenvalue weighted by Crippen LogP contribution is -1.85. The summed E-state index contributed by atoms with van der Waals surface area (Å²) in [5, 5.41) is 9.22. The Bertz CT molecular complexity index is 224. The molecule has 0 spiro atoms. The standard InChI is InChI=1S/C9H12O.CH4/c1-6-4-5-9(10)8(3)7(6)2;/h4-5,10H,1-3H3;1H4. The molecular weight excluding hydrogens is 136 g/mol. The molecule has 1 aromatic rings. The van der Waals surface area contributed by atoms with Gasteiger partial charge in [-0.3, -0.25) is 0 Å². The molecule has 0 aromatic heterocycles. The lowest BCUT2D eigenvalue weighted by atomic mass is 10.0. The Balaban J connectivity index is 0.000001000. The van der Waals surface area contributed by atoms with Crippen LogP contribution in [-0.4, -0.2) is 5.11 Å². The highest BCUT2D eigenvalue weighted by Crippen LogP contribution is 2.21. The molecular formula is C10H16O. The average Bonchev–Trinajstić information content (AvgIpc) is 1.93. The van der Waals surface area contributed by atoms with Crippen molar-refractivity contribution in [2.45, 2.75) is 28.2 Å². The third-order valence-electron chi connectivity index (χ3n) is 2.03.